The monoisotopic (exact) mass is 334 g/mol. The third kappa shape index (κ3) is 3.45. The van der Waals surface area contributed by atoms with E-state index in [4.69, 9.17) is 0 Å². The van der Waals surface area contributed by atoms with E-state index in [0.29, 0.717) is 13.1 Å². The standard InChI is InChI=1S/C16H22N4O2S/c1-3-20-16(7-9-18-20)15-11-13(6-8-17-15)14-5-4-10-19(12-14)23(2,21)22/h6-9,11,14H,3-5,10,12H2,1-2H3/t14-/m1/s1. The molecule has 0 radical (unpaired) electrons. The quantitative estimate of drug-likeness (QED) is 0.859. The first-order valence-corrected chi connectivity index (χ1v) is 9.77. The van der Waals surface area contributed by atoms with Crippen molar-refractivity contribution in [2.24, 2.45) is 0 Å². The van der Waals surface area contributed by atoms with E-state index in [9.17, 15) is 8.42 Å². The highest BCUT2D eigenvalue weighted by Gasteiger charge is 2.27. The van der Waals surface area contributed by atoms with Gasteiger partial charge in [-0.15, -0.1) is 0 Å². The molecule has 3 heterocycles. The molecule has 23 heavy (non-hydrogen) atoms. The van der Waals surface area contributed by atoms with E-state index in [2.05, 4.69) is 16.1 Å². The lowest BCUT2D eigenvalue weighted by Crippen LogP contribution is -2.38. The Labute approximate surface area is 137 Å². The van der Waals surface area contributed by atoms with E-state index in [1.165, 1.54) is 6.26 Å². The van der Waals surface area contributed by atoms with E-state index < -0.39 is 10.0 Å². The Kier molecular flexibility index (Phi) is 4.50. The van der Waals surface area contributed by atoms with Crippen molar-refractivity contribution in [2.75, 3.05) is 19.3 Å². The molecule has 0 aliphatic carbocycles. The maximum Gasteiger partial charge on any atom is 0.211 e. The summed E-state index contributed by atoms with van der Waals surface area (Å²) in [5.74, 6) is 0.221. The fourth-order valence-corrected chi connectivity index (χ4v) is 4.07. The minimum Gasteiger partial charge on any atom is -0.264 e. The van der Waals surface area contributed by atoms with Gasteiger partial charge in [0.15, 0.2) is 0 Å². The summed E-state index contributed by atoms with van der Waals surface area (Å²) in [4.78, 5) is 4.46. The molecular weight excluding hydrogens is 312 g/mol. The van der Waals surface area contributed by atoms with Gasteiger partial charge in [0.25, 0.3) is 0 Å². The van der Waals surface area contributed by atoms with Crippen LogP contribution in [0.5, 0.6) is 0 Å². The zero-order valence-corrected chi connectivity index (χ0v) is 14.3. The predicted molar refractivity (Wildman–Crippen MR) is 89.5 cm³/mol. The van der Waals surface area contributed by atoms with Gasteiger partial charge in [0.2, 0.25) is 10.0 Å². The van der Waals surface area contributed by atoms with Gasteiger partial charge in [-0.05, 0) is 49.4 Å². The predicted octanol–water partition coefficient (Wildman–Crippen LogP) is 2.10. The lowest BCUT2D eigenvalue weighted by Gasteiger charge is -2.31. The summed E-state index contributed by atoms with van der Waals surface area (Å²) < 4.78 is 27.1. The zero-order chi connectivity index (χ0) is 16.4. The highest BCUT2D eigenvalue weighted by atomic mass is 32.2. The maximum absolute atomic E-state index is 11.8. The number of piperidine rings is 1. The van der Waals surface area contributed by atoms with E-state index in [0.717, 1.165) is 36.3 Å². The molecule has 0 saturated carbocycles. The average Bonchev–Trinajstić information content (AvgIpc) is 3.03. The SMILES string of the molecule is CCn1nccc1-c1cc([C@@H]2CCCN(S(C)(=O)=O)C2)ccn1. The van der Waals surface area contributed by atoms with Crippen LogP contribution >= 0.6 is 0 Å². The highest BCUT2D eigenvalue weighted by Crippen LogP contribution is 2.30. The van der Waals surface area contributed by atoms with Gasteiger partial charge in [-0.1, -0.05) is 0 Å². The van der Waals surface area contributed by atoms with Crippen molar-refractivity contribution in [1.29, 1.82) is 0 Å². The van der Waals surface area contributed by atoms with E-state index in [-0.39, 0.29) is 5.92 Å². The molecule has 1 aliphatic rings. The molecule has 1 atom stereocenters. The first kappa shape index (κ1) is 16.1. The van der Waals surface area contributed by atoms with Crippen LogP contribution in [0, 0.1) is 0 Å². The Balaban J connectivity index is 1.88. The number of nitrogens with zero attached hydrogens (tertiary/aromatic N) is 4. The Bertz CT molecular complexity index is 785. The Morgan fingerprint density at radius 1 is 1.30 bits per heavy atom. The topological polar surface area (TPSA) is 68.1 Å². The summed E-state index contributed by atoms with van der Waals surface area (Å²) in [6.07, 6.45) is 6.76. The van der Waals surface area contributed by atoms with Crippen LogP contribution in [0.3, 0.4) is 0 Å². The van der Waals surface area contributed by atoms with Gasteiger partial charge in [0.05, 0.1) is 17.6 Å². The average molecular weight is 334 g/mol. The van der Waals surface area contributed by atoms with Gasteiger partial charge < -0.3 is 0 Å². The van der Waals surface area contributed by atoms with Crippen molar-refractivity contribution in [2.45, 2.75) is 32.2 Å². The highest BCUT2D eigenvalue weighted by molar-refractivity contribution is 7.88. The third-order valence-electron chi connectivity index (χ3n) is 4.39. The second-order valence-electron chi connectivity index (χ2n) is 5.97. The van der Waals surface area contributed by atoms with Crippen LogP contribution in [-0.4, -0.2) is 46.8 Å². The molecule has 124 valence electrons. The summed E-state index contributed by atoms with van der Waals surface area (Å²) in [5.41, 5.74) is 3.02. The van der Waals surface area contributed by atoms with E-state index in [1.54, 1.807) is 16.7 Å². The van der Waals surface area contributed by atoms with Crippen LogP contribution in [-0.2, 0) is 16.6 Å². The Morgan fingerprint density at radius 3 is 2.87 bits per heavy atom. The second-order valence-corrected chi connectivity index (χ2v) is 7.95. The number of rotatable bonds is 4. The lowest BCUT2D eigenvalue weighted by molar-refractivity contribution is 0.317. The van der Waals surface area contributed by atoms with Gasteiger partial charge in [0, 0.05) is 32.0 Å². The molecule has 7 heteroatoms. The first-order chi connectivity index (χ1) is 11.0. The van der Waals surface area contributed by atoms with Gasteiger partial charge in [0.1, 0.15) is 0 Å². The molecule has 0 N–H and O–H groups in total. The molecule has 1 aliphatic heterocycles. The molecule has 0 amide bonds. The van der Waals surface area contributed by atoms with E-state index in [1.807, 2.05) is 23.7 Å². The summed E-state index contributed by atoms with van der Waals surface area (Å²) >= 11 is 0. The number of hydrogen-bond acceptors (Lipinski definition) is 4. The molecule has 0 aromatic carbocycles. The molecule has 2 aromatic heterocycles. The van der Waals surface area contributed by atoms with Gasteiger partial charge >= 0.3 is 0 Å². The van der Waals surface area contributed by atoms with E-state index >= 15 is 0 Å². The molecule has 1 fully saturated rings. The summed E-state index contributed by atoms with van der Waals surface area (Å²) in [5, 5.41) is 4.29. The van der Waals surface area contributed by atoms with Crippen molar-refractivity contribution in [3.05, 3.63) is 36.2 Å². The number of sulfonamides is 1. The maximum atomic E-state index is 11.8. The molecule has 6 nitrogen and oxygen atoms in total. The summed E-state index contributed by atoms with van der Waals surface area (Å²) in [6.45, 7) is 4.01. The molecule has 3 rings (SSSR count). The van der Waals surface area contributed by atoms with Crippen molar-refractivity contribution in [3.63, 3.8) is 0 Å². The number of aromatic nitrogens is 3. The van der Waals surface area contributed by atoms with Crippen LogP contribution < -0.4 is 0 Å². The van der Waals surface area contributed by atoms with Crippen molar-refractivity contribution < 1.29 is 8.42 Å². The Hall–Kier alpha value is -1.73. The zero-order valence-electron chi connectivity index (χ0n) is 13.5. The van der Waals surface area contributed by atoms with Gasteiger partial charge in [-0.2, -0.15) is 5.10 Å². The molecule has 1 saturated heterocycles. The molecule has 0 unspecified atom stereocenters. The fraction of sp³-hybridized carbons (Fsp3) is 0.500. The van der Waals surface area contributed by atoms with Crippen LogP contribution in [0.4, 0.5) is 0 Å². The second kappa shape index (κ2) is 6.41. The summed E-state index contributed by atoms with van der Waals surface area (Å²) in [6, 6.07) is 6.02. The minimum atomic E-state index is -3.13. The third-order valence-corrected chi connectivity index (χ3v) is 5.66. The van der Waals surface area contributed by atoms with Crippen LogP contribution in [0.15, 0.2) is 30.6 Å². The van der Waals surface area contributed by atoms with Crippen molar-refractivity contribution >= 4 is 10.0 Å². The summed E-state index contributed by atoms with van der Waals surface area (Å²) in [7, 11) is -3.13. The number of hydrogen-bond donors (Lipinski definition) is 0. The van der Waals surface area contributed by atoms with Gasteiger partial charge in [-0.25, -0.2) is 12.7 Å². The number of pyridine rings is 1. The van der Waals surface area contributed by atoms with Crippen LogP contribution in [0.25, 0.3) is 11.4 Å². The first-order valence-electron chi connectivity index (χ1n) is 7.92. The van der Waals surface area contributed by atoms with Gasteiger partial charge in [-0.3, -0.25) is 9.67 Å². The minimum absolute atomic E-state index is 0.221. The molecular formula is C16H22N4O2S. The smallest absolute Gasteiger partial charge is 0.211 e. The molecule has 0 spiro atoms. The molecule has 0 bridgehead atoms. The number of aryl methyl sites for hydroxylation is 1. The normalized spacial score (nSPS) is 19.8. The molecule has 2 aromatic rings. The fourth-order valence-electron chi connectivity index (χ4n) is 3.16. The van der Waals surface area contributed by atoms with Crippen LogP contribution in [0.1, 0.15) is 31.2 Å². The Morgan fingerprint density at radius 2 is 2.13 bits per heavy atom. The van der Waals surface area contributed by atoms with Crippen molar-refractivity contribution in [1.82, 2.24) is 19.1 Å². The largest absolute Gasteiger partial charge is 0.264 e. The van der Waals surface area contributed by atoms with Crippen molar-refractivity contribution in [3.8, 4) is 11.4 Å². The van der Waals surface area contributed by atoms with Crippen LogP contribution in [0.2, 0.25) is 0 Å². The lowest BCUT2D eigenvalue weighted by atomic mass is 9.91.